The SMILES string of the molecule is CCC1=NN2C(=N)/C(=C\c3ccc(OCCCOc4cccc(C)c4C)c(OC)c3)C(=O)N=C2S1. The molecule has 0 unspecified atom stereocenters. The Kier molecular flexibility index (Phi) is 7.55. The summed E-state index contributed by atoms with van der Waals surface area (Å²) in [6.07, 6.45) is 3.05. The Labute approximate surface area is 209 Å². The van der Waals surface area contributed by atoms with Crippen LogP contribution in [0.1, 0.15) is 36.5 Å². The van der Waals surface area contributed by atoms with Crippen molar-refractivity contribution in [1.82, 2.24) is 5.01 Å². The van der Waals surface area contributed by atoms with Crippen LogP contribution in [0.3, 0.4) is 0 Å². The van der Waals surface area contributed by atoms with E-state index in [-0.39, 0.29) is 11.4 Å². The molecule has 4 rings (SSSR count). The van der Waals surface area contributed by atoms with Crippen LogP contribution in [0, 0.1) is 19.3 Å². The summed E-state index contributed by atoms with van der Waals surface area (Å²) in [4.78, 5) is 16.7. The first-order valence-electron chi connectivity index (χ1n) is 11.4. The van der Waals surface area contributed by atoms with Gasteiger partial charge in [0.1, 0.15) is 10.8 Å². The maximum atomic E-state index is 12.6. The molecule has 0 radical (unpaired) electrons. The lowest BCUT2D eigenvalue weighted by molar-refractivity contribution is -0.114. The Bertz CT molecular complexity index is 1250. The molecule has 1 N–H and O–H groups in total. The fourth-order valence-electron chi connectivity index (χ4n) is 3.54. The highest BCUT2D eigenvalue weighted by atomic mass is 32.2. The number of amidine groups is 2. The molecule has 2 aliphatic heterocycles. The van der Waals surface area contributed by atoms with Crippen molar-refractivity contribution in [2.45, 2.75) is 33.6 Å². The number of nitrogens with one attached hydrogen (secondary N) is 1. The van der Waals surface area contributed by atoms with Crippen LogP contribution in [0.5, 0.6) is 17.2 Å². The molecule has 0 bridgehead atoms. The zero-order valence-corrected chi connectivity index (χ0v) is 21.1. The number of ether oxygens (including phenoxy) is 3. The van der Waals surface area contributed by atoms with E-state index in [9.17, 15) is 4.79 Å². The molecular formula is C26H28N4O4S. The number of carbonyl (C=O) groups is 1. The molecular weight excluding hydrogens is 464 g/mol. The van der Waals surface area contributed by atoms with E-state index in [0.29, 0.717) is 41.9 Å². The number of carbonyl (C=O) groups excluding carboxylic acids is 1. The van der Waals surface area contributed by atoms with Crippen molar-refractivity contribution in [1.29, 1.82) is 5.41 Å². The van der Waals surface area contributed by atoms with Gasteiger partial charge in [-0.1, -0.05) is 25.1 Å². The van der Waals surface area contributed by atoms with Crippen molar-refractivity contribution in [3.8, 4) is 17.2 Å². The molecule has 0 aliphatic carbocycles. The Morgan fingerprint density at radius 3 is 2.60 bits per heavy atom. The second-order valence-electron chi connectivity index (χ2n) is 8.03. The van der Waals surface area contributed by atoms with Crippen molar-refractivity contribution in [3.63, 3.8) is 0 Å². The number of nitrogens with zero attached hydrogens (tertiary/aromatic N) is 3. The Hall–Kier alpha value is -3.59. The fraction of sp³-hybridized carbons (Fsp3) is 0.308. The third-order valence-corrected chi connectivity index (χ3v) is 6.71. The van der Waals surface area contributed by atoms with Gasteiger partial charge < -0.3 is 14.2 Å². The van der Waals surface area contributed by atoms with Gasteiger partial charge in [-0.2, -0.15) is 15.1 Å². The highest BCUT2D eigenvalue weighted by Crippen LogP contribution is 2.32. The molecule has 2 heterocycles. The van der Waals surface area contributed by atoms with Gasteiger partial charge in [0.25, 0.3) is 5.91 Å². The van der Waals surface area contributed by atoms with Gasteiger partial charge in [-0.25, -0.2) is 0 Å². The van der Waals surface area contributed by atoms with Crippen molar-refractivity contribution >= 4 is 39.8 Å². The molecule has 0 fully saturated rings. The van der Waals surface area contributed by atoms with E-state index < -0.39 is 5.91 Å². The maximum Gasteiger partial charge on any atom is 0.283 e. The zero-order valence-electron chi connectivity index (χ0n) is 20.3. The van der Waals surface area contributed by atoms with E-state index in [1.807, 2.05) is 25.1 Å². The van der Waals surface area contributed by atoms with Crippen molar-refractivity contribution in [2.75, 3.05) is 20.3 Å². The number of hydrogen-bond acceptors (Lipinski definition) is 7. The average molecular weight is 493 g/mol. The van der Waals surface area contributed by atoms with Crippen LogP contribution >= 0.6 is 11.8 Å². The van der Waals surface area contributed by atoms with E-state index in [0.717, 1.165) is 22.8 Å². The van der Waals surface area contributed by atoms with Gasteiger partial charge in [0.2, 0.25) is 5.17 Å². The summed E-state index contributed by atoms with van der Waals surface area (Å²) in [5.41, 5.74) is 3.22. The summed E-state index contributed by atoms with van der Waals surface area (Å²) in [6, 6.07) is 11.4. The number of rotatable bonds is 9. The molecule has 2 aromatic carbocycles. The molecule has 2 aromatic rings. The first kappa shape index (κ1) is 24.5. The summed E-state index contributed by atoms with van der Waals surface area (Å²) in [6.45, 7) is 7.10. The normalized spacial score (nSPS) is 16.2. The van der Waals surface area contributed by atoms with Crippen LogP contribution in [-0.4, -0.2) is 47.3 Å². The maximum absolute atomic E-state index is 12.6. The minimum atomic E-state index is -0.454. The fourth-order valence-corrected chi connectivity index (χ4v) is 4.36. The minimum Gasteiger partial charge on any atom is -0.493 e. The largest absolute Gasteiger partial charge is 0.493 e. The van der Waals surface area contributed by atoms with Gasteiger partial charge in [-0.05, 0) is 73.0 Å². The standard InChI is InChI=1S/C26H28N4O4S/c1-5-23-29-30-24(27)19(25(31)28-26(30)35-23)14-18-10-11-21(22(15-18)32-4)34-13-7-12-33-20-9-6-8-16(2)17(20)3/h6,8-11,14-15,27H,5,7,12-13H2,1-4H3/b19-14+,27-24?. The molecule has 182 valence electrons. The third-order valence-electron chi connectivity index (χ3n) is 5.66. The number of aryl methyl sites for hydroxylation is 1. The van der Waals surface area contributed by atoms with Gasteiger partial charge >= 0.3 is 0 Å². The quantitative estimate of drug-likeness (QED) is 0.382. The number of hydrogen-bond donors (Lipinski definition) is 1. The number of fused-ring (bicyclic) bond motifs is 1. The summed E-state index contributed by atoms with van der Waals surface area (Å²) >= 11 is 1.32. The summed E-state index contributed by atoms with van der Waals surface area (Å²) in [5.74, 6) is 1.59. The molecule has 0 saturated heterocycles. The predicted molar refractivity (Wildman–Crippen MR) is 140 cm³/mol. The van der Waals surface area contributed by atoms with Crippen molar-refractivity contribution in [2.24, 2.45) is 10.1 Å². The molecule has 35 heavy (non-hydrogen) atoms. The highest BCUT2D eigenvalue weighted by molar-refractivity contribution is 8.26. The average Bonchev–Trinajstić information content (AvgIpc) is 3.27. The van der Waals surface area contributed by atoms with Crippen molar-refractivity contribution < 1.29 is 19.0 Å². The number of amides is 1. The second kappa shape index (κ2) is 10.8. The summed E-state index contributed by atoms with van der Waals surface area (Å²) in [5, 5.41) is 15.5. The lowest BCUT2D eigenvalue weighted by Gasteiger charge is -2.20. The van der Waals surface area contributed by atoms with Crippen LogP contribution in [0.15, 0.2) is 52.1 Å². The topological polar surface area (TPSA) is 96.6 Å². The molecule has 1 amide bonds. The van der Waals surface area contributed by atoms with Crippen LogP contribution < -0.4 is 14.2 Å². The summed E-state index contributed by atoms with van der Waals surface area (Å²) in [7, 11) is 1.57. The number of methoxy groups -OCH3 is 1. The van der Waals surface area contributed by atoms with Gasteiger partial charge in [0.05, 0.1) is 25.9 Å². The molecule has 8 nitrogen and oxygen atoms in total. The molecule has 0 spiro atoms. The Balaban J connectivity index is 1.39. The molecule has 9 heteroatoms. The number of aliphatic imine (C=N–C) groups is 1. The molecule has 0 atom stereocenters. The van der Waals surface area contributed by atoms with Crippen LogP contribution in [0.4, 0.5) is 0 Å². The predicted octanol–water partition coefficient (Wildman–Crippen LogP) is 5.19. The third kappa shape index (κ3) is 5.40. The number of benzene rings is 2. The lowest BCUT2D eigenvalue weighted by atomic mass is 10.1. The smallest absolute Gasteiger partial charge is 0.283 e. The lowest BCUT2D eigenvalue weighted by Crippen LogP contribution is -2.35. The van der Waals surface area contributed by atoms with Crippen LogP contribution in [0.25, 0.3) is 6.08 Å². The monoisotopic (exact) mass is 492 g/mol. The van der Waals surface area contributed by atoms with Gasteiger partial charge in [-0.3, -0.25) is 10.2 Å². The Morgan fingerprint density at radius 1 is 1.09 bits per heavy atom. The van der Waals surface area contributed by atoms with E-state index in [1.54, 1.807) is 25.3 Å². The van der Waals surface area contributed by atoms with Crippen LogP contribution in [0.2, 0.25) is 0 Å². The second-order valence-corrected chi connectivity index (χ2v) is 9.07. The van der Waals surface area contributed by atoms with E-state index in [4.69, 9.17) is 19.6 Å². The first-order valence-corrected chi connectivity index (χ1v) is 12.2. The number of hydrazone groups is 1. The molecule has 0 aromatic heterocycles. The highest BCUT2D eigenvalue weighted by Gasteiger charge is 2.35. The van der Waals surface area contributed by atoms with Crippen molar-refractivity contribution in [3.05, 3.63) is 58.7 Å². The van der Waals surface area contributed by atoms with Gasteiger partial charge in [0, 0.05) is 6.42 Å². The van der Waals surface area contributed by atoms with E-state index >= 15 is 0 Å². The molecule has 2 aliphatic rings. The van der Waals surface area contributed by atoms with Gasteiger partial charge in [-0.15, -0.1) is 0 Å². The minimum absolute atomic E-state index is 0.0130. The van der Waals surface area contributed by atoms with Gasteiger partial charge in [0.15, 0.2) is 17.3 Å². The van der Waals surface area contributed by atoms with E-state index in [2.05, 4.69) is 30.0 Å². The van der Waals surface area contributed by atoms with E-state index in [1.165, 1.54) is 22.3 Å². The number of thioether (sulfide) groups is 1. The molecule has 0 saturated carbocycles. The zero-order chi connectivity index (χ0) is 24.9. The Morgan fingerprint density at radius 2 is 1.86 bits per heavy atom. The first-order chi connectivity index (χ1) is 16.9. The van der Waals surface area contributed by atoms with Crippen LogP contribution in [-0.2, 0) is 4.79 Å². The summed E-state index contributed by atoms with van der Waals surface area (Å²) < 4.78 is 17.3.